The molecule has 0 bridgehead atoms. The minimum atomic E-state index is -1.07. The maximum Gasteiger partial charge on any atom is 0.335 e. The summed E-state index contributed by atoms with van der Waals surface area (Å²) in [5.41, 5.74) is 6.88. The Hall–Kier alpha value is -1.86. The van der Waals surface area contributed by atoms with Crippen LogP contribution in [0.25, 0.3) is 0 Å². The van der Waals surface area contributed by atoms with E-state index in [1.54, 1.807) is 24.3 Å². The number of carbonyl (C=O) groups is 2. The monoisotopic (exact) mass is 412 g/mol. The van der Waals surface area contributed by atoms with E-state index in [4.69, 9.17) is 10.8 Å². The van der Waals surface area contributed by atoms with Gasteiger partial charge in [0.05, 0.1) is 16.8 Å². The summed E-state index contributed by atoms with van der Waals surface area (Å²) in [6.45, 7) is 0. The van der Waals surface area contributed by atoms with Gasteiger partial charge in [0.25, 0.3) is 5.91 Å². The number of carbonyl (C=O) groups excluding carboxylic acids is 1. The van der Waals surface area contributed by atoms with Gasteiger partial charge in [-0.3, -0.25) is 4.79 Å². The van der Waals surface area contributed by atoms with Crippen molar-refractivity contribution in [3.05, 3.63) is 56.5 Å². The van der Waals surface area contributed by atoms with Gasteiger partial charge < -0.3 is 16.2 Å². The van der Waals surface area contributed by atoms with Crippen LogP contribution in [0.4, 0.5) is 11.4 Å². The molecule has 0 saturated carbocycles. The number of hydrogen-bond donors (Lipinski definition) is 3. The number of halogens is 2. The highest BCUT2D eigenvalue weighted by molar-refractivity contribution is 9.10. The van der Waals surface area contributed by atoms with E-state index in [0.29, 0.717) is 21.4 Å². The van der Waals surface area contributed by atoms with E-state index in [0.717, 1.165) is 4.47 Å². The Bertz CT molecular complexity index is 732. The summed E-state index contributed by atoms with van der Waals surface area (Å²) in [5.74, 6) is -1.48. The van der Waals surface area contributed by atoms with Crippen LogP contribution in [0.1, 0.15) is 20.7 Å². The number of hydrogen-bond acceptors (Lipinski definition) is 3. The highest BCUT2D eigenvalue weighted by Crippen LogP contribution is 2.26. The number of carboxylic acids is 1. The van der Waals surface area contributed by atoms with E-state index < -0.39 is 11.9 Å². The summed E-state index contributed by atoms with van der Waals surface area (Å²) in [4.78, 5) is 23.2. The molecule has 0 unspecified atom stereocenters. The van der Waals surface area contributed by atoms with Gasteiger partial charge in [-0.1, -0.05) is 15.9 Å². The van der Waals surface area contributed by atoms with Crippen LogP contribution in [0.3, 0.4) is 0 Å². The number of nitrogen functional groups attached to an aromatic ring is 1. The molecule has 4 N–H and O–H groups in total. The molecule has 0 aliphatic carbocycles. The van der Waals surface area contributed by atoms with Gasteiger partial charge in [-0.15, -0.1) is 0 Å². The molecule has 2 rings (SSSR count). The molecule has 0 aliphatic rings. The van der Waals surface area contributed by atoms with Gasteiger partial charge in [-0.2, -0.15) is 0 Å². The van der Waals surface area contributed by atoms with E-state index in [9.17, 15) is 9.59 Å². The van der Waals surface area contributed by atoms with E-state index in [1.807, 2.05) is 0 Å². The minimum Gasteiger partial charge on any atom is -0.478 e. The third-order valence-electron chi connectivity index (χ3n) is 2.72. The average Bonchev–Trinajstić information content (AvgIpc) is 2.40. The van der Waals surface area contributed by atoms with Crippen molar-refractivity contribution in [3.63, 3.8) is 0 Å². The number of amides is 1. The quantitative estimate of drug-likeness (QED) is 0.668. The first kappa shape index (κ1) is 15.5. The molecule has 0 heterocycles. The number of anilines is 2. The lowest BCUT2D eigenvalue weighted by atomic mass is 10.1. The van der Waals surface area contributed by atoms with Crippen molar-refractivity contribution < 1.29 is 14.7 Å². The molecule has 0 atom stereocenters. The SMILES string of the molecule is Nc1cc(Br)ccc1C(=O)Nc1cc(C(=O)O)ccc1Br. The van der Waals surface area contributed by atoms with Crippen molar-refractivity contribution in [3.8, 4) is 0 Å². The molecule has 0 radical (unpaired) electrons. The van der Waals surface area contributed by atoms with Crippen LogP contribution < -0.4 is 11.1 Å². The molecule has 0 aliphatic heterocycles. The Kier molecular flexibility index (Phi) is 4.64. The molecular weight excluding hydrogens is 404 g/mol. The first-order valence-electron chi connectivity index (χ1n) is 5.77. The first-order chi connectivity index (χ1) is 9.88. The number of nitrogens with two attached hydrogens (primary N) is 1. The van der Waals surface area contributed by atoms with Crippen LogP contribution in [0.2, 0.25) is 0 Å². The van der Waals surface area contributed by atoms with Gasteiger partial charge in [0.15, 0.2) is 0 Å². The normalized spacial score (nSPS) is 10.2. The fourth-order valence-electron chi connectivity index (χ4n) is 1.68. The van der Waals surface area contributed by atoms with Crippen LogP contribution in [-0.4, -0.2) is 17.0 Å². The second kappa shape index (κ2) is 6.28. The van der Waals surface area contributed by atoms with E-state index in [2.05, 4.69) is 37.2 Å². The van der Waals surface area contributed by atoms with Crippen LogP contribution in [0, 0.1) is 0 Å². The zero-order valence-electron chi connectivity index (χ0n) is 10.6. The maximum atomic E-state index is 12.2. The molecular formula is C14H10Br2N2O3. The number of aromatic carboxylic acids is 1. The van der Waals surface area contributed by atoms with Crippen LogP contribution in [-0.2, 0) is 0 Å². The minimum absolute atomic E-state index is 0.0808. The van der Waals surface area contributed by atoms with Crippen molar-refractivity contribution in [2.75, 3.05) is 11.1 Å². The van der Waals surface area contributed by atoms with Crippen molar-refractivity contribution in [2.45, 2.75) is 0 Å². The van der Waals surface area contributed by atoms with Crippen molar-refractivity contribution in [2.24, 2.45) is 0 Å². The van der Waals surface area contributed by atoms with E-state index >= 15 is 0 Å². The maximum absolute atomic E-state index is 12.2. The van der Waals surface area contributed by atoms with Crippen LogP contribution >= 0.6 is 31.9 Å². The number of benzene rings is 2. The molecule has 108 valence electrons. The van der Waals surface area contributed by atoms with Crippen molar-refractivity contribution in [1.29, 1.82) is 0 Å². The zero-order valence-corrected chi connectivity index (χ0v) is 13.7. The summed E-state index contributed by atoms with van der Waals surface area (Å²) in [7, 11) is 0. The third kappa shape index (κ3) is 3.62. The number of rotatable bonds is 3. The zero-order chi connectivity index (χ0) is 15.6. The summed E-state index contributed by atoms with van der Waals surface area (Å²) >= 11 is 6.53. The smallest absolute Gasteiger partial charge is 0.335 e. The largest absolute Gasteiger partial charge is 0.478 e. The Morgan fingerprint density at radius 2 is 1.81 bits per heavy atom. The van der Waals surface area contributed by atoms with Crippen molar-refractivity contribution in [1.82, 2.24) is 0 Å². The Balaban J connectivity index is 2.31. The average molecular weight is 414 g/mol. The van der Waals surface area contributed by atoms with Gasteiger partial charge in [0.1, 0.15) is 0 Å². The Labute approximate surface area is 137 Å². The van der Waals surface area contributed by atoms with Gasteiger partial charge in [0, 0.05) is 14.6 Å². The van der Waals surface area contributed by atoms with Crippen LogP contribution in [0.15, 0.2) is 45.3 Å². The molecule has 0 aromatic heterocycles. The second-order valence-corrected chi connectivity index (χ2v) is 5.96. The topological polar surface area (TPSA) is 92.4 Å². The second-order valence-electron chi connectivity index (χ2n) is 4.19. The van der Waals surface area contributed by atoms with Gasteiger partial charge in [0.2, 0.25) is 0 Å². The van der Waals surface area contributed by atoms with Crippen molar-refractivity contribution >= 4 is 55.1 Å². The van der Waals surface area contributed by atoms with Gasteiger partial charge >= 0.3 is 5.97 Å². The predicted octanol–water partition coefficient (Wildman–Crippen LogP) is 3.74. The molecule has 0 saturated heterocycles. The predicted molar refractivity (Wildman–Crippen MR) is 87.6 cm³/mol. The summed E-state index contributed by atoms with van der Waals surface area (Å²) < 4.78 is 1.35. The summed E-state index contributed by atoms with van der Waals surface area (Å²) in [5, 5.41) is 11.6. The summed E-state index contributed by atoms with van der Waals surface area (Å²) in [6, 6.07) is 9.29. The van der Waals surface area contributed by atoms with E-state index in [1.165, 1.54) is 12.1 Å². The molecule has 1 amide bonds. The third-order valence-corrected chi connectivity index (χ3v) is 3.90. The molecule has 21 heavy (non-hydrogen) atoms. The lowest BCUT2D eigenvalue weighted by Gasteiger charge is -2.10. The lowest BCUT2D eigenvalue weighted by Crippen LogP contribution is -2.14. The molecule has 5 nitrogen and oxygen atoms in total. The highest BCUT2D eigenvalue weighted by atomic mass is 79.9. The fraction of sp³-hybridized carbons (Fsp3) is 0. The number of carboxylic acid groups (broad SMARTS) is 1. The molecule has 2 aromatic rings. The molecule has 2 aromatic carbocycles. The fourth-order valence-corrected chi connectivity index (χ4v) is 2.41. The Morgan fingerprint density at radius 1 is 1.10 bits per heavy atom. The standard InChI is InChI=1S/C14H10Br2N2O3/c15-8-2-3-9(11(17)6-8)13(19)18-12-5-7(14(20)21)1-4-10(12)16/h1-6H,17H2,(H,18,19)(H,20,21). The van der Waals surface area contributed by atoms with Gasteiger partial charge in [-0.25, -0.2) is 4.79 Å². The Morgan fingerprint density at radius 3 is 2.43 bits per heavy atom. The highest BCUT2D eigenvalue weighted by Gasteiger charge is 2.13. The molecule has 0 spiro atoms. The van der Waals surface area contributed by atoms with Crippen LogP contribution in [0.5, 0.6) is 0 Å². The van der Waals surface area contributed by atoms with Gasteiger partial charge in [-0.05, 0) is 52.3 Å². The first-order valence-corrected chi connectivity index (χ1v) is 7.36. The number of nitrogens with one attached hydrogen (secondary N) is 1. The molecule has 0 fully saturated rings. The lowest BCUT2D eigenvalue weighted by molar-refractivity contribution is 0.0696. The molecule has 7 heteroatoms. The summed E-state index contributed by atoms with van der Waals surface area (Å²) in [6.07, 6.45) is 0. The van der Waals surface area contributed by atoms with E-state index in [-0.39, 0.29) is 5.56 Å².